The topological polar surface area (TPSA) is 54.4 Å². The van der Waals surface area contributed by atoms with E-state index in [1.807, 2.05) is 50.2 Å². The van der Waals surface area contributed by atoms with Gasteiger partial charge in [0.25, 0.3) is 0 Å². The van der Waals surface area contributed by atoms with Gasteiger partial charge in [-0.3, -0.25) is 4.98 Å². The van der Waals surface area contributed by atoms with Crippen LogP contribution in [0.4, 0.5) is 11.4 Å². The summed E-state index contributed by atoms with van der Waals surface area (Å²) >= 11 is 0. The number of anilines is 2. The van der Waals surface area contributed by atoms with E-state index in [0.717, 1.165) is 33.7 Å². The fourth-order valence-electron chi connectivity index (χ4n) is 2.40. The zero-order valence-corrected chi connectivity index (χ0v) is 13.9. The molecule has 0 aliphatic rings. The molecule has 2 aromatic carbocycles. The van der Waals surface area contributed by atoms with Crippen LogP contribution < -0.4 is 10.1 Å². The largest absolute Gasteiger partial charge is 0.508 e. The SMILES string of the molecule is CCOc1ccc2nc(C)cc(Nc3ccc(O)cc3)c2c1.Cl. The third-order valence-electron chi connectivity index (χ3n) is 3.37. The molecule has 23 heavy (non-hydrogen) atoms. The molecule has 0 saturated heterocycles. The molecular formula is C18H19ClN2O2. The van der Waals surface area contributed by atoms with Crippen LogP contribution in [0, 0.1) is 6.92 Å². The number of nitrogens with zero attached hydrogens (tertiary/aromatic N) is 1. The van der Waals surface area contributed by atoms with Gasteiger partial charge in [-0.1, -0.05) is 0 Å². The molecule has 0 saturated carbocycles. The Balaban J connectivity index is 0.00000192. The van der Waals surface area contributed by atoms with Crippen LogP contribution in [0.3, 0.4) is 0 Å². The highest BCUT2D eigenvalue weighted by molar-refractivity contribution is 5.94. The molecule has 0 aliphatic carbocycles. The van der Waals surface area contributed by atoms with Gasteiger partial charge < -0.3 is 15.2 Å². The molecule has 2 N–H and O–H groups in total. The number of halogens is 1. The standard InChI is InChI=1S/C18H18N2O2.ClH/c1-3-22-15-8-9-17-16(11-15)18(10-12(2)19-17)20-13-4-6-14(21)7-5-13;/h4-11,21H,3H2,1-2H3,(H,19,20);1H. The van der Waals surface area contributed by atoms with Crippen LogP contribution in [0.15, 0.2) is 48.5 Å². The Labute approximate surface area is 141 Å². The highest BCUT2D eigenvalue weighted by atomic mass is 35.5. The normalized spacial score (nSPS) is 10.2. The molecule has 0 bridgehead atoms. The summed E-state index contributed by atoms with van der Waals surface area (Å²) in [6.07, 6.45) is 0. The van der Waals surface area contributed by atoms with E-state index in [-0.39, 0.29) is 18.2 Å². The number of pyridine rings is 1. The predicted octanol–water partition coefficient (Wildman–Crippen LogP) is 4.81. The summed E-state index contributed by atoms with van der Waals surface area (Å²) in [7, 11) is 0. The van der Waals surface area contributed by atoms with Crippen molar-refractivity contribution in [3.05, 3.63) is 54.2 Å². The highest BCUT2D eigenvalue weighted by Crippen LogP contribution is 2.30. The van der Waals surface area contributed by atoms with Crippen molar-refractivity contribution in [3.63, 3.8) is 0 Å². The van der Waals surface area contributed by atoms with Gasteiger partial charge in [0.2, 0.25) is 0 Å². The average Bonchev–Trinajstić information content (AvgIpc) is 2.50. The molecule has 1 aromatic heterocycles. The van der Waals surface area contributed by atoms with Gasteiger partial charge >= 0.3 is 0 Å². The lowest BCUT2D eigenvalue weighted by atomic mass is 10.1. The van der Waals surface area contributed by atoms with E-state index < -0.39 is 0 Å². The van der Waals surface area contributed by atoms with Crippen LogP contribution in [0.25, 0.3) is 10.9 Å². The smallest absolute Gasteiger partial charge is 0.120 e. The molecule has 0 spiro atoms. The monoisotopic (exact) mass is 330 g/mol. The molecule has 0 amide bonds. The van der Waals surface area contributed by atoms with Gasteiger partial charge in [0.15, 0.2) is 0 Å². The van der Waals surface area contributed by atoms with Crippen LogP contribution in [-0.2, 0) is 0 Å². The number of hydrogen-bond acceptors (Lipinski definition) is 4. The van der Waals surface area contributed by atoms with Crippen LogP contribution in [0.1, 0.15) is 12.6 Å². The molecular weight excluding hydrogens is 312 g/mol. The first kappa shape index (κ1) is 16.9. The van der Waals surface area contributed by atoms with Crippen molar-refractivity contribution < 1.29 is 9.84 Å². The second-order valence-corrected chi connectivity index (χ2v) is 5.10. The molecule has 0 unspecified atom stereocenters. The molecule has 0 fully saturated rings. The molecule has 0 aliphatic heterocycles. The van der Waals surface area contributed by atoms with E-state index in [1.54, 1.807) is 12.1 Å². The Morgan fingerprint density at radius 2 is 1.83 bits per heavy atom. The van der Waals surface area contributed by atoms with Crippen molar-refractivity contribution in [1.29, 1.82) is 0 Å². The Bertz CT molecular complexity index is 804. The number of benzene rings is 2. The molecule has 120 valence electrons. The molecule has 4 nitrogen and oxygen atoms in total. The summed E-state index contributed by atoms with van der Waals surface area (Å²) < 4.78 is 5.58. The lowest BCUT2D eigenvalue weighted by Crippen LogP contribution is -1.96. The third kappa shape index (κ3) is 3.85. The van der Waals surface area contributed by atoms with Gasteiger partial charge in [0, 0.05) is 22.5 Å². The number of aromatic hydroxyl groups is 1. The average molecular weight is 331 g/mol. The first-order valence-electron chi connectivity index (χ1n) is 7.26. The maximum absolute atomic E-state index is 9.38. The first-order chi connectivity index (χ1) is 10.7. The maximum Gasteiger partial charge on any atom is 0.120 e. The van der Waals surface area contributed by atoms with Crippen molar-refractivity contribution >= 4 is 34.7 Å². The summed E-state index contributed by atoms with van der Waals surface area (Å²) in [5, 5.41) is 13.8. The fourth-order valence-corrected chi connectivity index (χ4v) is 2.40. The zero-order valence-electron chi connectivity index (χ0n) is 13.0. The second kappa shape index (κ2) is 7.20. The third-order valence-corrected chi connectivity index (χ3v) is 3.37. The lowest BCUT2D eigenvalue weighted by Gasteiger charge is -2.12. The number of phenolic OH excluding ortho intramolecular Hbond substituents is 1. The Kier molecular flexibility index (Phi) is 5.29. The summed E-state index contributed by atoms with van der Waals surface area (Å²) in [6, 6.07) is 14.9. The van der Waals surface area contributed by atoms with E-state index in [1.165, 1.54) is 0 Å². The van der Waals surface area contributed by atoms with E-state index in [9.17, 15) is 5.11 Å². The van der Waals surface area contributed by atoms with E-state index in [2.05, 4.69) is 10.3 Å². The van der Waals surface area contributed by atoms with E-state index in [0.29, 0.717) is 6.61 Å². The van der Waals surface area contributed by atoms with Gasteiger partial charge in [-0.25, -0.2) is 0 Å². The summed E-state index contributed by atoms with van der Waals surface area (Å²) in [5.74, 6) is 1.08. The molecule has 0 atom stereocenters. The van der Waals surface area contributed by atoms with Crippen molar-refractivity contribution in [2.75, 3.05) is 11.9 Å². The summed E-state index contributed by atoms with van der Waals surface area (Å²) in [6.45, 7) is 4.57. The van der Waals surface area contributed by atoms with Crippen LogP contribution in [0.5, 0.6) is 11.5 Å². The number of aromatic nitrogens is 1. The Morgan fingerprint density at radius 3 is 2.52 bits per heavy atom. The number of fused-ring (bicyclic) bond motifs is 1. The number of ether oxygens (including phenoxy) is 1. The van der Waals surface area contributed by atoms with Gasteiger partial charge in [-0.05, 0) is 62.4 Å². The number of aryl methyl sites for hydroxylation is 1. The maximum atomic E-state index is 9.38. The second-order valence-electron chi connectivity index (χ2n) is 5.10. The van der Waals surface area contributed by atoms with Gasteiger partial charge in [-0.15, -0.1) is 12.4 Å². The minimum absolute atomic E-state index is 0. The fraction of sp³-hybridized carbons (Fsp3) is 0.167. The molecule has 1 heterocycles. The predicted molar refractivity (Wildman–Crippen MR) is 96.3 cm³/mol. The van der Waals surface area contributed by atoms with E-state index >= 15 is 0 Å². The number of rotatable bonds is 4. The Morgan fingerprint density at radius 1 is 1.09 bits per heavy atom. The minimum atomic E-state index is 0. The van der Waals surface area contributed by atoms with Gasteiger partial charge in [-0.2, -0.15) is 0 Å². The van der Waals surface area contributed by atoms with Crippen LogP contribution in [0.2, 0.25) is 0 Å². The van der Waals surface area contributed by atoms with Crippen molar-refractivity contribution in [2.24, 2.45) is 0 Å². The number of phenols is 1. The van der Waals surface area contributed by atoms with Crippen molar-refractivity contribution in [3.8, 4) is 11.5 Å². The molecule has 3 aromatic rings. The molecule has 5 heteroatoms. The summed E-state index contributed by atoms with van der Waals surface area (Å²) in [5.41, 5.74) is 3.74. The Hall–Kier alpha value is -2.46. The van der Waals surface area contributed by atoms with Crippen LogP contribution in [-0.4, -0.2) is 16.7 Å². The quantitative estimate of drug-likeness (QED) is 0.674. The highest BCUT2D eigenvalue weighted by Gasteiger charge is 2.06. The number of hydrogen-bond donors (Lipinski definition) is 2. The molecule has 0 radical (unpaired) electrons. The number of nitrogens with one attached hydrogen (secondary N) is 1. The van der Waals surface area contributed by atoms with Gasteiger partial charge in [0.1, 0.15) is 11.5 Å². The van der Waals surface area contributed by atoms with E-state index in [4.69, 9.17) is 4.74 Å². The van der Waals surface area contributed by atoms with Crippen molar-refractivity contribution in [2.45, 2.75) is 13.8 Å². The van der Waals surface area contributed by atoms with Gasteiger partial charge in [0.05, 0.1) is 12.1 Å². The minimum Gasteiger partial charge on any atom is -0.508 e. The lowest BCUT2D eigenvalue weighted by molar-refractivity contribution is 0.340. The zero-order chi connectivity index (χ0) is 15.5. The van der Waals surface area contributed by atoms with Crippen molar-refractivity contribution in [1.82, 2.24) is 4.98 Å². The molecule has 3 rings (SSSR count). The first-order valence-corrected chi connectivity index (χ1v) is 7.26. The van der Waals surface area contributed by atoms with Crippen LogP contribution >= 0.6 is 12.4 Å². The summed E-state index contributed by atoms with van der Waals surface area (Å²) in [4.78, 5) is 4.56.